The van der Waals surface area contributed by atoms with Crippen LogP contribution in [0.3, 0.4) is 0 Å². The lowest BCUT2D eigenvalue weighted by atomic mass is 9.95. The zero-order valence-electron chi connectivity index (χ0n) is 18.1. The zero-order chi connectivity index (χ0) is 23.8. The van der Waals surface area contributed by atoms with E-state index in [-0.39, 0.29) is 5.57 Å². The maximum atomic E-state index is 13.3. The van der Waals surface area contributed by atoms with E-state index in [1.165, 1.54) is 22.3 Å². The molecule has 2 heterocycles. The van der Waals surface area contributed by atoms with Crippen molar-refractivity contribution in [2.75, 3.05) is 4.90 Å². The number of ketones is 1. The Hall–Kier alpha value is -3.74. The molecule has 1 aliphatic rings. The van der Waals surface area contributed by atoms with Gasteiger partial charge in [-0.15, -0.1) is 0 Å². The van der Waals surface area contributed by atoms with Crippen molar-refractivity contribution in [3.63, 3.8) is 0 Å². The number of benzene rings is 3. The van der Waals surface area contributed by atoms with Crippen LogP contribution in [0.25, 0.3) is 16.3 Å². The first kappa shape index (κ1) is 22.1. The fraction of sp³-hybridized carbons (Fsp3) is 0.0741. The summed E-state index contributed by atoms with van der Waals surface area (Å²) in [6.07, 6.45) is 3.05. The van der Waals surface area contributed by atoms with Gasteiger partial charge in [0.05, 0.1) is 21.8 Å². The van der Waals surface area contributed by atoms with Crippen molar-refractivity contribution in [3.05, 3.63) is 112 Å². The number of aromatic nitrogens is 1. The molecule has 1 aromatic heterocycles. The van der Waals surface area contributed by atoms with E-state index >= 15 is 0 Å². The van der Waals surface area contributed by atoms with Gasteiger partial charge in [-0.1, -0.05) is 89.2 Å². The van der Waals surface area contributed by atoms with E-state index in [0.717, 1.165) is 15.8 Å². The van der Waals surface area contributed by atoms with E-state index in [1.807, 2.05) is 61.5 Å². The standard InChI is InChI=1S/C27H19ClN2O3S/c1-16-7-10-18(11-8-16)24-23(21(31)14-9-17-5-3-2-4-6-17)25(32)26(33)30(24)27-29-20-13-12-19(28)15-22(20)34-27/h2-15,24,32H,1H3/b14-9+. The Bertz CT molecular complexity index is 1470. The molecule has 5 nitrogen and oxygen atoms in total. The molecule has 0 saturated heterocycles. The quantitative estimate of drug-likeness (QED) is 0.329. The van der Waals surface area contributed by atoms with Crippen LogP contribution in [0.15, 0.2) is 90.2 Å². The van der Waals surface area contributed by atoms with Crippen molar-refractivity contribution in [1.29, 1.82) is 0 Å². The van der Waals surface area contributed by atoms with Gasteiger partial charge in [-0.05, 0) is 42.3 Å². The summed E-state index contributed by atoms with van der Waals surface area (Å²) in [6, 6.07) is 21.4. The predicted octanol–water partition coefficient (Wildman–Crippen LogP) is 6.44. The highest BCUT2D eigenvalue weighted by molar-refractivity contribution is 7.22. The van der Waals surface area contributed by atoms with Crippen LogP contribution in [0.1, 0.15) is 22.7 Å². The van der Waals surface area contributed by atoms with Gasteiger partial charge in [-0.2, -0.15) is 0 Å². The molecule has 1 aliphatic heterocycles. The number of allylic oxidation sites excluding steroid dienone is 1. The molecule has 0 spiro atoms. The van der Waals surface area contributed by atoms with Gasteiger partial charge in [0, 0.05) is 5.02 Å². The maximum Gasteiger partial charge on any atom is 0.296 e. The monoisotopic (exact) mass is 486 g/mol. The highest BCUT2D eigenvalue weighted by atomic mass is 35.5. The van der Waals surface area contributed by atoms with Crippen LogP contribution < -0.4 is 4.90 Å². The van der Waals surface area contributed by atoms with Gasteiger partial charge in [0.15, 0.2) is 16.7 Å². The summed E-state index contributed by atoms with van der Waals surface area (Å²) in [5.41, 5.74) is 3.30. The van der Waals surface area contributed by atoms with Crippen molar-refractivity contribution >= 4 is 56.1 Å². The van der Waals surface area contributed by atoms with E-state index in [9.17, 15) is 14.7 Å². The van der Waals surface area contributed by atoms with E-state index in [0.29, 0.717) is 21.2 Å². The van der Waals surface area contributed by atoms with Crippen molar-refractivity contribution in [2.45, 2.75) is 13.0 Å². The Morgan fingerprint density at radius 3 is 2.56 bits per heavy atom. The molecule has 1 amide bonds. The Kier molecular flexibility index (Phi) is 5.77. The van der Waals surface area contributed by atoms with E-state index in [1.54, 1.807) is 24.3 Å². The van der Waals surface area contributed by atoms with Crippen LogP contribution in [0.5, 0.6) is 0 Å². The van der Waals surface area contributed by atoms with Gasteiger partial charge in [0.25, 0.3) is 5.91 Å². The number of aliphatic hydroxyl groups excluding tert-OH is 1. The lowest BCUT2D eigenvalue weighted by Gasteiger charge is -2.24. The molecule has 1 N–H and O–H groups in total. The normalized spacial score (nSPS) is 16.2. The van der Waals surface area contributed by atoms with Crippen molar-refractivity contribution in [1.82, 2.24) is 4.98 Å². The number of nitrogens with zero attached hydrogens (tertiary/aromatic N) is 2. The van der Waals surface area contributed by atoms with Crippen molar-refractivity contribution in [3.8, 4) is 0 Å². The summed E-state index contributed by atoms with van der Waals surface area (Å²) in [5.74, 6) is -1.66. The number of halogens is 1. The fourth-order valence-electron chi connectivity index (χ4n) is 3.93. The third-order valence-electron chi connectivity index (χ3n) is 5.64. The minimum Gasteiger partial charge on any atom is -0.503 e. The SMILES string of the molecule is Cc1ccc(C2C(C(=O)/C=C/c3ccccc3)=C(O)C(=O)N2c2nc3ccc(Cl)cc3s2)cc1. The average molecular weight is 487 g/mol. The summed E-state index contributed by atoms with van der Waals surface area (Å²) in [6.45, 7) is 1.96. The maximum absolute atomic E-state index is 13.3. The molecule has 168 valence electrons. The van der Waals surface area contributed by atoms with Gasteiger partial charge < -0.3 is 5.11 Å². The molecule has 0 fully saturated rings. The van der Waals surface area contributed by atoms with Crippen LogP contribution in [-0.2, 0) is 9.59 Å². The number of amides is 1. The molecule has 1 atom stereocenters. The Morgan fingerprint density at radius 2 is 1.82 bits per heavy atom. The van der Waals surface area contributed by atoms with Crippen LogP contribution in [0.2, 0.25) is 5.02 Å². The molecular formula is C27H19ClN2O3S. The van der Waals surface area contributed by atoms with Crippen LogP contribution in [0, 0.1) is 6.92 Å². The number of carbonyl (C=O) groups is 2. The van der Waals surface area contributed by atoms with Gasteiger partial charge in [0.1, 0.15) is 0 Å². The summed E-state index contributed by atoms with van der Waals surface area (Å²) < 4.78 is 0.807. The second kappa shape index (κ2) is 8.89. The second-order valence-corrected chi connectivity index (χ2v) is 9.41. The highest BCUT2D eigenvalue weighted by Gasteiger charge is 2.45. The van der Waals surface area contributed by atoms with E-state index < -0.39 is 23.5 Å². The summed E-state index contributed by atoms with van der Waals surface area (Å²) in [5, 5.41) is 11.8. The van der Waals surface area contributed by atoms with Crippen molar-refractivity contribution < 1.29 is 14.7 Å². The lowest BCUT2D eigenvalue weighted by molar-refractivity contribution is -0.117. The highest BCUT2D eigenvalue weighted by Crippen LogP contribution is 2.43. The van der Waals surface area contributed by atoms with Gasteiger partial charge in [0.2, 0.25) is 0 Å². The number of aliphatic hydroxyl groups is 1. The molecule has 1 unspecified atom stereocenters. The lowest BCUT2D eigenvalue weighted by Crippen LogP contribution is -2.30. The van der Waals surface area contributed by atoms with E-state index in [2.05, 4.69) is 4.98 Å². The number of carbonyl (C=O) groups excluding carboxylic acids is 2. The van der Waals surface area contributed by atoms with Gasteiger partial charge in [-0.3, -0.25) is 14.5 Å². The molecule has 0 radical (unpaired) electrons. The molecule has 0 saturated carbocycles. The molecule has 5 rings (SSSR count). The number of aryl methyl sites for hydroxylation is 1. The number of fused-ring (bicyclic) bond motifs is 1. The number of hydrogen-bond donors (Lipinski definition) is 1. The Labute approximate surface area is 205 Å². The third-order valence-corrected chi connectivity index (χ3v) is 6.89. The summed E-state index contributed by atoms with van der Waals surface area (Å²) in [7, 11) is 0. The third kappa shape index (κ3) is 4.02. The van der Waals surface area contributed by atoms with Crippen LogP contribution in [-0.4, -0.2) is 21.8 Å². The summed E-state index contributed by atoms with van der Waals surface area (Å²) in [4.78, 5) is 32.6. The Morgan fingerprint density at radius 1 is 1.09 bits per heavy atom. The zero-order valence-corrected chi connectivity index (χ0v) is 19.7. The largest absolute Gasteiger partial charge is 0.503 e. The van der Waals surface area contributed by atoms with Crippen LogP contribution >= 0.6 is 22.9 Å². The minimum atomic E-state index is -0.808. The molecule has 7 heteroatoms. The number of hydrogen-bond acceptors (Lipinski definition) is 5. The van der Waals surface area contributed by atoms with E-state index in [4.69, 9.17) is 11.6 Å². The molecule has 0 bridgehead atoms. The number of anilines is 1. The topological polar surface area (TPSA) is 70.5 Å². The van der Waals surface area contributed by atoms with Gasteiger partial charge in [-0.25, -0.2) is 4.98 Å². The summed E-state index contributed by atoms with van der Waals surface area (Å²) >= 11 is 7.41. The van der Waals surface area contributed by atoms with Crippen LogP contribution in [0.4, 0.5) is 5.13 Å². The molecule has 4 aromatic rings. The average Bonchev–Trinajstić information content (AvgIpc) is 3.36. The predicted molar refractivity (Wildman–Crippen MR) is 136 cm³/mol. The molecule has 0 aliphatic carbocycles. The van der Waals surface area contributed by atoms with Gasteiger partial charge >= 0.3 is 0 Å². The second-order valence-electron chi connectivity index (χ2n) is 7.97. The smallest absolute Gasteiger partial charge is 0.296 e. The number of rotatable bonds is 5. The Balaban J connectivity index is 1.60. The van der Waals surface area contributed by atoms with Crippen molar-refractivity contribution in [2.24, 2.45) is 0 Å². The fourth-order valence-corrected chi connectivity index (χ4v) is 5.20. The first-order chi connectivity index (χ1) is 16.4. The number of thiazole rings is 1. The molecule has 3 aromatic carbocycles. The minimum absolute atomic E-state index is 0.0262. The first-order valence-electron chi connectivity index (χ1n) is 10.6. The molecule has 34 heavy (non-hydrogen) atoms. The first-order valence-corrected chi connectivity index (χ1v) is 11.8. The molecular weight excluding hydrogens is 468 g/mol.